The largest absolute Gasteiger partial charge is 0.392 e. The molecule has 2 atom stereocenters. The SMILES string of the molecule is Cc1ccc(Cl)cc1N1CC(C(=O)NCC(C)O)CC1=O. The minimum absolute atomic E-state index is 0.0856. The molecule has 2 amide bonds. The van der Waals surface area contributed by atoms with Crippen LogP contribution >= 0.6 is 11.6 Å². The number of aliphatic hydroxyl groups is 1. The van der Waals surface area contributed by atoms with E-state index >= 15 is 0 Å². The number of nitrogens with one attached hydrogen (secondary N) is 1. The number of halogens is 1. The fraction of sp³-hybridized carbons (Fsp3) is 0.467. The van der Waals surface area contributed by atoms with Gasteiger partial charge in [-0.15, -0.1) is 0 Å². The minimum atomic E-state index is -0.600. The zero-order chi connectivity index (χ0) is 15.6. The van der Waals surface area contributed by atoms with Crippen LogP contribution in [0, 0.1) is 12.8 Å². The van der Waals surface area contributed by atoms with Crippen molar-refractivity contribution in [2.24, 2.45) is 5.92 Å². The Bertz CT molecular complexity index is 560. The van der Waals surface area contributed by atoms with Gasteiger partial charge in [-0.3, -0.25) is 9.59 Å². The second kappa shape index (κ2) is 6.45. The molecule has 1 heterocycles. The molecular weight excluding hydrogens is 292 g/mol. The Labute approximate surface area is 128 Å². The summed E-state index contributed by atoms with van der Waals surface area (Å²) in [6, 6.07) is 5.37. The zero-order valence-corrected chi connectivity index (χ0v) is 12.9. The number of anilines is 1. The van der Waals surface area contributed by atoms with Crippen LogP contribution in [0.4, 0.5) is 5.69 Å². The van der Waals surface area contributed by atoms with Crippen molar-refractivity contribution in [1.29, 1.82) is 0 Å². The fourth-order valence-corrected chi connectivity index (χ4v) is 2.55. The number of carbonyl (C=O) groups is 2. The zero-order valence-electron chi connectivity index (χ0n) is 12.1. The van der Waals surface area contributed by atoms with Crippen molar-refractivity contribution in [2.75, 3.05) is 18.0 Å². The van der Waals surface area contributed by atoms with Gasteiger partial charge in [0.15, 0.2) is 0 Å². The van der Waals surface area contributed by atoms with Crippen LogP contribution in [0.2, 0.25) is 5.02 Å². The minimum Gasteiger partial charge on any atom is -0.392 e. The molecule has 1 saturated heterocycles. The Balaban J connectivity index is 2.09. The van der Waals surface area contributed by atoms with Gasteiger partial charge in [-0.1, -0.05) is 17.7 Å². The normalized spacial score (nSPS) is 19.7. The third kappa shape index (κ3) is 3.74. The summed E-state index contributed by atoms with van der Waals surface area (Å²) in [7, 11) is 0. The molecule has 5 nitrogen and oxygen atoms in total. The second-order valence-corrected chi connectivity index (χ2v) is 5.87. The number of benzene rings is 1. The highest BCUT2D eigenvalue weighted by molar-refractivity contribution is 6.31. The molecule has 114 valence electrons. The highest BCUT2D eigenvalue weighted by Crippen LogP contribution is 2.30. The van der Waals surface area contributed by atoms with E-state index < -0.39 is 12.0 Å². The van der Waals surface area contributed by atoms with Crippen LogP contribution in [0.5, 0.6) is 0 Å². The monoisotopic (exact) mass is 310 g/mol. The molecule has 0 spiro atoms. The summed E-state index contributed by atoms with van der Waals surface area (Å²) in [6.45, 7) is 4.03. The van der Waals surface area contributed by atoms with Crippen LogP contribution in [-0.4, -0.2) is 36.1 Å². The van der Waals surface area contributed by atoms with Gasteiger partial charge in [0, 0.05) is 30.2 Å². The van der Waals surface area contributed by atoms with Gasteiger partial charge in [-0.25, -0.2) is 0 Å². The fourth-order valence-electron chi connectivity index (χ4n) is 2.38. The Hall–Kier alpha value is -1.59. The van der Waals surface area contributed by atoms with Crippen molar-refractivity contribution in [1.82, 2.24) is 5.32 Å². The van der Waals surface area contributed by atoms with E-state index in [-0.39, 0.29) is 24.8 Å². The van der Waals surface area contributed by atoms with Crippen molar-refractivity contribution >= 4 is 29.1 Å². The maximum Gasteiger partial charge on any atom is 0.227 e. The molecule has 0 aromatic heterocycles. The molecule has 1 aliphatic rings. The molecule has 21 heavy (non-hydrogen) atoms. The summed E-state index contributed by atoms with van der Waals surface area (Å²) in [5.74, 6) is -0.682. The standard InChI is InChI=1S/C15H19ClN2O3/c1-9-3-4-12(16)6-13(9)18-8-11(5-14(18)20)15(21)17-7-10(2)19/h3-4,6,10-11,19H,5,7-8H2,1-2H3,(H,17,21). The number of nitrogens with zero attached hydrogens (tertiary/aromatic N) is 1. The molecule has 0 radical (unpaired) electrons. The molecule has 1 aromatic carbocycles. The molecule has 2 rings (SSSR count). The molecule has 2 unspecified atom stereocenters. The van der Waals surface area contributed by atoms with Crippen molar-refractivity contribution in [2.45, 2.75) is 26.4 Å². The van der Waals surface area contributed by atoms with Crippen LogP contribution in [0.15, 0.2) is 18.2 Å². The Kier molecular flexibility index (Phi) is 4.85. The van der Waals surface area contributed by atoms with Gasteiger partial charge in [0.1, 0.15) is 0 Å². The van der Waals surface area contributed by atoms with Gasteiger partial charge >= 0.3 is 0 Å². The van der Waals surface area contributed by atoms with Gasteiger partial charge < -0.3 is 15.3 Å². The van der Waals surface area contributed by atoms with Crippen molar-refractivity contribution < 1.29 is 14.7 Å². The lowest BCUT2D eigenvalue weighted by Crippen LogP contribution is -2.36. The lowest BCUT2D eigenvalue weighted by molar-refractivity contribution is -0.126. The molecule has 1 aromatic rings. The van der Waals surface area contributed by atoms with E-state index in [1.54, 1.807) is 24.0 Å². The number of aliphatic hydroxyl groups excluding tert-OH is 1. The average Bonchev–Trinajstić information content (AvgIpc) is 2.81. The molecule has 1 fully saturated rings. The van der Waals surface area contributed by atoms with E-state index in [1.807, 2.05) is 13.0 Å². The summed E-state index contributed by atoms with van der Waals surface area (Å²) in [4.78, 5) is 25.7. The predicted molar refractivity (Wildman–Crippen MR) is 81.3 cm³/mol. The van der Waals surface area contributed by atoms with Gasteiger partial charge in [-0.05, 0) is 31.5 Å². The van der Waals surface area contributed by atoms with E-state index in [4.69, 9.17) is 11.6 Å². The van der Waals surface area contributed by atoms with Crippen molar-refractivity contribution in [3.05, 3.63) is 28.8 Å². The third-order valence-corrected chi connectivity index (χ3v) is 3.76. The summed E-state index contributed by atoms with van der Waals surface area (Å²) in [5, 5.41) is 12.4. The van der Waals surface area contributed by atoms with Crippen molar-refractivity contribution in [3.63, 3.8) is 0 Å². The summed E-state index contributed by atoms with van der Waals surface area (Å²) >= 11 is 5.98. The van der Waals surface area contributed by atoms with E-state index in [2.05, 4.69) is 5.32 Å². The smallest absolute Gasteiger partial charge is 0.227 e. The molecule has 2 N–H and O–H groups in total. The second-order valence-electron chi connectivity index (χ2n) is 5.43. The molecule has 6 heteroatoms. The highest BCUT2D eigenvalue weighted by Gasteiger charge is 2.35. The highest BCUT2D eigenvalue weighted by atomic mass is 35.5. The Morgan fingerprint density at radius 1 is 1.57 bits per heavy atom. The first-order chi connectivity index (χ1) is 9.88. The van der Waals surface area contributed by atoms with Gasteiger partial charge in [0.25, 0.3) is 0 Å². The molecule has 1 aliphatic heterocycles. The summed E-state index contributed by atoms with van der Waals surface area (Å²) in [5.41, 5.74) is 1.69. The lowest BCUT2D eigenvalue weighted by Gasteiger charge is -2.19. The molecular formula is C15H19ClN2O3. The Morgan fingerprint density at radius 2 is 2.29 bits per heavy atom. The van der Waals surface area contributed by atoms with E-state index in [1.165, 1.54) is 0 Å². The van der Waals surface area contributed by atoms with Gasteiger partial charge in [0.2, 0.25) is 11.8 Å². The summed E-state index contributed by atoms with van der Waals surface area (Å²) in [6.07, 6.45) is -0.422. The van der Waals surface area contributed by atoms with Crippen LogP contribution < -0.4 is 10.2 Å². The average molecular weight is 311 g/mol. The molecule has 0 bridgehead atoms. The van der Waals surface area contributed by atoms with Crippen LogP contribution in [0.25, 0.3) is 0 Å². The Morgan fingerprint density at radius 3 is 2.95 bits per heavy atom. The van der Waals surface area contributed by atoms with E-state index in [0.717, 1.165) is 11.3 Å². The maximum absolute atomic E-state index is 12.1. The van der Waals surface area contributed by atoms with E-state index in [9.17, 15) is 14.7 Å². The predicted octanol–water partition coefficient (Wildman–Crippen LogP) is 1.50. The maximum atomic E-state index is 12.1. The number of hydrogen-bond acceptors (Lipinski definition) is 3. The van der Waals surface area contributed by atoms with Crippen LogP contribution in [0.1, 0.15) is 18.9 Å². The topological polar surface area (TPSA) is 69.6 Å². The quantitative estimate of drug-likeness (QED) is 0.885. The number of hydrogen-bond donors (Lipinski definition) is 2. The molecule has 0 saturated carbocycles. The first-order valence-electron chi connectivity index (χ1n) is 6.90. The first kappa shape index (κ1) is 15.8. The van der Waals surface area contributed by atoms with Gasteiger partial charge in [-0.2, -0.15) is 0 Å². The van der Waals surface area contributed by atoms with Crippen molar-refractivity contribution in [3.8, 4) is 0 Å². The van der Waals surface area contributed by atoms with E-state index in [0.29, 0.717) is 11.6 Å². The number of amides is 2. The first-order valence-corrected chi connectivity index (χ1v) is 7.28. The number of aryl methyl sites for hydroxylation is 1. The molecule has 0 aliphatic carbocycles. The van der Waals surface area contributed by atoms with Gasteiger partial charge in [0.05, 0.1) is 12.0 Å². The number of carbonyl (C=O) groups excluding carboxylic acids is 2. The lowest BCUT2D eigenvalue weighted by atomic mass is 10.1. The summed E-state index contributed by atoms with van der Waals surface area (Å²) < 4.78 is 0. The third-order valence-electron chi connectivity index (χ3n) is 3.53. The van der Waals surface area contributed by atoms with Crippen LogP contribution in [0.3, 0.4) is 0 Å². The number of rotatable bonds is 4. The van der Waals surface area contributed by atoms with Crippen LogP contribution in [-0.2, 0) is 9.59 Å².